The van der Waals surface area contributed by atoms with Crippen LogP contribution < -0.4 is 10.5 Å². The summed E-state index contributed by atoms with van der Waals surface area (Å²) in [5, 5.41) is 0. The maximum absolute atomic E-state index is 5.56. The molecule has 0 aliphatic rings. The normalized spacial score (nSPS) is 12.4. The number of para-hydroxylation sites is 1. The number of nitrogens with two attached hydrogens (primary N) is 1. The number of hydrogen-bond donors (Lipinski definition) is 1. The lowest BCUT2D eigenvalue weighted by Crippen LogP contribution is -2.11. The van der Waals surface area contributed by atoms with Crippen molar-refractivity contribution in [2.75, 3.05) is 13.2 Å². The van der Waals surface area contributed by atoms with Crippen molar-refractivity contribution in [2.24, 2.45) is 11.7 Å². The molecule has 0 aliphatic heterocycles. The molecule has 0 fully saturated rings. The van der Waals surface area contributed by atoms with E-state index in [0.717, 1.165) is 31.7 Å². The van der Waals surface area contributed by atoms with Crippen LogP contribution in [-0.4, -0.2) is 13.2 Å². The highest BCUT2D eigenvalue weighted by Crippen LogP contribution is 2.10. The van der Waals surface area contributed by atoms with E-state index in [9.17, 15) is 0 Å². The van der Waals surface area contributed by atoms with Gasteiger partial charge in [-0.15, -0.1) is 0 Å². The Morgan fingerprint density at radius 2 is 2.00 bits per heavy atom. The maximum Gasteiger partial charge on any atom is 0.119 e. The molecule has 1 atom stereocenters. The van der Waals surface area contributed by atoms with Crippen molar-refractivity contribution in [3.63, 3.8) is 0 Å². The Kier molecular flexibility index (Phi) is 5.08. The molecule has 1 unspecified atom stereocenters. The first-order chi connectivity index (χ1) is 6.83. The molecule has 78 valence electrons. The summed E-state index contributed by atoms with van der Waals surface area (Å²) in [5.41, 5.74) is 5.52. The predicted molar refractivity (Wildman–Crippen MR) is 59.4 cm³/mol. The van der Waals surface area contributed by atoms with E-state index in [1.807, 2.05) is 30.3 Å². The van der Waals surface area contributed by atoms with Crippen molar-refractivity contribution in [1.82, 2.24) is 0 Å². The molecule has 0 bridgehead atoms. The van der Waals surface area contributed by atoms with Crippen LogP contribution in [-0.2, 0) is 0 Å². The molecule has 14 heavy (non-hydrogen) atoms. The zero-order valence-corrected chi connectivity index (χ0v) is 8.78. The van der Waals surface area contributed by atoms with Crippen LogP contribution in [0, 0.1) is 5.92 Å². The monoisotopic (exact) mass is 193 g/mol. The fourth-order valence-corrected chi connectivity index (χ4v) is 1.26. The Hall–Kier alpha value is -1.02. The van der Waals surface area contributed by atoms with Crippen LogP contribution in [0.5, 0.6) is 5.75 Å². The van der Waals surface area contributed by atoms with Gasteiger partial charge in [-0.2, -0.15) is 0 Å². The van der Waals surface area contributed by atoms with Gasteiger partial charge in [-0.25, -0.2) is 0 Å². The van der Waals surface area contributed by atoms with E-state index in [2.05, 4.69) is 6.92 Å². The van der Waals surface area contributed by atoms with Gasteiger partial charge in [-0.05, 0) is 37.4 Å². The molecule has 2 N–H and O–H groups in total. The molecule has 1 rings (SSSR count). The SMILES string of the molecule is CC(CN)CCCOc1ccccc1. The minimum absolute atomic E-state index is 0.606. The van der Waals surface area contributed by atoms with Gasteiger partial charge in [0.1, 0.15) is 5.75 Å². The molecular weight excluding hydrogens is 174 g/mol. The van der Waals surface area contributed by atoms with Gasteiger partial charge in [0.05, 0.1) is 6.61 Å². The molecule has 0 aliphatic carbocycles. The van der Waals surface area contributed by atoms with E-state index in [4.69, 9.17) is 10.5 Å². The molecule has 0 heterocycles. The molecule has 2 heteroatoms. The van der Waals surface area contributed by atoms with Crippen molar-refractivity contribution >= 4 is 0 Å². The number of benzene rings is 1. The summed E-state index contributed by atoms with van der Waals surface area (Å²) >= 11 is 0. The largest absolute Gasteiger partial charge is 0.494 e. The Labute approximate surface area is 86.1 Å². The van der Waals surface area contributed by atoms with Crippen LogP contribution in [0.25, 0.3) is 0 Å². The standard InChI is InChI=1S/C12H19NO/c1-11(10-13)6-5-9-14-12-7-3-2-4-8-12/h2-4,7-8,11H,5-6,9-10,13H2,1H3. The molecule has 2 nitrogen and oxygen atoms in total. The van der Waals surface area contributed by atoms with Crippen LogP contribution in [0.3, 0.4) is 0 Å². The van der Waals surface area contributed by atoms with Crippen molar-refractivity contribution < 1.29 is 4.74 Å². The fraction of sp³-hybridized carbons (Fsp3) is 0.500. The Balaban J connectivity index is 2.10. The Morgan fingerprint density at radius 3 is 2.64 bits per heavy atom. The second-order valence-electron chi connectivity index (χ2n) is 3.64. The van der Waals surface area contributed by atoms with Crippen LogP contribution in [0.15, 0.2) is 30.3 Å². The zero-order chi connectivity index (χ0) is 10.2. The lowest BCUT2D eigenvalue weighted by Gasteiger charge is -2.09. The minimum atomic E-state index is 0.606. The molecule has 0 saturated heterocycles. The third kappa shape index (κ3) is 4.28. The quantitative estimate of drug-likeness (QED) is 0.704. The van der Waals surface area contributed by atoms with Crippen LogP contribution >= 0.6 is 0 Å². The first kappa shape index (κ1) is 11.1. The topological polar surface area (TPSA) is 35.2 Å². The first-order valence-electron chi connectivity index (χ1n) is 5.21. The van der Waals surface area contributed by atoms with Crippen molar-refractivity contribution in [3.05, 3.63) is 30.3 Å². The minimum Gasteiger partial charge on any atom is -0.494 e. The van der Waals surface area contributed by atoms with Crippen molar-refractivity contribution in [2.45, 2.75) is 19.8 Å². The molecule has 0 saturated carbocycles. The predicted octanol–water partition coefficient (Wildman–Crippen LogP) is 2.44. The van der Waals surface area contributed by atoms with Crippen LogP contribution in [0.2, 0.25) is 0 Å². The summed E-state index contributed by atoms with van der Waals surface area (Å²) in [5.74, 6) is 1.56. The summed E-state index contributed by atoms with van der Waals surface area (Å²) in [4.78, 5) is 0. The Morgan fingerprint density at radius 1 is 1.29 bits per heavy atom. The molecule has 1 aromatic rings. The van der Waals surface area contributed by atoms with E-state index < -0.39 is 0 Å². The molecule has 0 spiro atoms. The van der Waals surface area contributed by atoms with Crippen LogP contribution in [0.1, 0.15) is 19.8 Å². The van der Waals surface area contributed by atoms with Gasteiger partial charge in [-0.3, -0.25) is 0 Å². The van der Waals surface area contributed by atoms with E-state index in [-0.39, 0.29) is 0 Å². The second-order valence-corrected chi connectivity index (χ2v) is 3.64. The van der Waals surface area contributed by atoms with Crippen molar-refractivity contribution in [1.29, 1.82) is 0 Å². The van der Waals surface area contributed by atoms with Gasteiger partial charge in [0.2, 0.25) is 0 Å². The summed E-state index contributed by atoms with van der Waals surface area (Å²) in [6.07, 6.45) is 2.22. The van der Waals surface area contributed by atoms with E-state index >= 15 is 0 Å². The summed E-state index contributed by atoms with van der Waals surface area (Å²) in [6, 6.07) is 9.91. The van der Waals surface area contributed by atoms with Gasteiger partial charge in [0.25, 0.3) is 0 Å². The summed E-state index contributed by atoms with van der Waals surface area (Å²) in [7, 11) is 0. The fourth-order valence-electron chi connectivity index (χ4n) is 1.26. The van der Waals surface area contributed by atoms with E-state index in [0.29, 0.717) is 5.92 Å². The third-order valence-corrected chi connectivity index (χ3v) is 2.26. The van der Waals surface area contributed by atoms with E-state index in [1.165, 1.54) is 0 Å². The molecular formula is C12H19NO. The zero-order valence-electron chi connectivity index (χ0n) is 8.78. The molecule has 0 aromatic heterocycles. The Bertz CT molecular complexity index is 235. The average molecular weight is 193 g/mol. The summed E-state index contributed by atoms with van der Waals surface area (Å²) < 4.78 is 5.56. The maximum atomic E-state index is 5.56. The number of hydrogen-bond acceptors (Lipinski definition) is 2. The third-order valence-electron chi connectivity index (χ3n) is 2.26. The van der Waals surface area contributed by atoms with Gasteiger partial charge in [0.15, 0.2) is 0 Å². The second kappa shape index (κ2) is 6.44. The van der Waals surface area contributed by atoms with Gasteiger partial charge < -0.3 is 10.5 Å². The van der Waals surface area contributed by atoms with E-state index in [1.54, 1.807) is 0 Å². The smallest absolute Gasteiger partial charge is 0.119 e. The molecule has 0 amide bonds. The number of ether oxygens (including phenoxy) is 1. The van der Waals surface area contributed by atoms with Gasteiger partial charge in [0, 0.05) is 0 Å². The van der Waals surface area contributed by atoms with Gasteiger partial charge >= 0.3 is 0 Å². The first-order valence-corrected chi connectivity index (χ1v) is 5.21. The lowest BCUT2D eigenvalue weighted by atomic mass is 10.1. The number of rotatable bonds is 6. The molecule has 0 radical (unpaired) electrons. The van der Waals surface area contributed by atoms with Gasteiger partial charge in [-0.1, -0.05) is 25.1 Å². The average Bonchev–Trinajstić information content (AvgIpc) is 2.25. The lowest BCUT2D eigenvalue weighted by molar-refractivity contribution is 0.296. The van der Waals surface area contributed by atoms with Crippen molar-refractivity contribution in [3.8, 4) is 5.75 Å². The molecule has 1 aromatic carbocycles. The highest BCUT2D eigenvalue weighted by molar-refractivity contribution is 5.20. The summed E-state index contributed by atoms with van der Waals surface area (Å²) in [6.45, 7) is 3.72. The van der Waals surface area contributed by atoms with Crippen LogP contribution in [0.4, 0.5) is 0 Å². The highest BCUT2D eigenvalue weighted by Gasteiger charge is 1.98. The highest BCUT2D eigenvalue weighted by atomic mass is 16.5.